The van der Waals surface area contributed by atoms with E-state index in [0.717, 1.165) is 33.3 Å². The van der Waals surface area contributed by atoms with Crippen molar-refractivity contribution in [1.82, 2.24) is 15.6 Å². The molecule has 3 N–H and O–H groups in total. The molecule has 0 aliphatic carbocycles. The van der Waals surface area contributed by atoms with Crippen LogP contribution in [-0.4, -0.2) is 29.6 Å². The molecule has 2 amide bonds. The topological polar surface area (TPSA) is 92.5 Å². The Morgan fingerprint density at radius 1 is 0.972 bits per heavy atom. The van der Waals surface area contributed by atoms with Crippen molar-refractivity contribution in [3.63, 3.8) is 0 Å². The highest BCUT2D eigenvalue weighted by atomic mass is 16.5. The second-order valence-corrected chi connectivity index (χ2v) is 9.02. The number of aromatic nitrogens is 1. The SMILES string of the molecule is COc1ccc(C(C)NC(=O)[C@@](C)(Cc2c[nH]c3ccccc23)NC(=O)OCc2ccccc2)cc1. The summed E-state index contributed by atoms with van der Waals surface area (Å²) in [6.07, 6.45) is 1.49. The van der Waals surface area contributed by atoms with Gasteiger partial charge in [-0.15, -0.1) is 0 Å². The number of carbonyl (C=O) groups excluding carboxylic acids is 2. The van der Waals surface area contributed by atoms with E-state index in [9.17, 15) is 9.59 Å². The number of H-pyrrole nitrogens is 1. The number of hydrogen-bond acceptors (Lipinski definition) is 4. The summed E-state index contributed by atoms with van der Waals surface area (Å²) in [5, 5.41) is 6.89. The van der Waals surface area contributed by atoms with E-state index in [-0.39, 0.29) is 25.0 Å². The van der Waals surface area contributed by atoms with Gasteiger partial charge in [0.15, 0.2) is 0 Å². The molecule has 4 aromatic rings. The van der Waals surface area contributed by atoms with Gasteiger partial charge in [0.2, 0.25) is 5.91 Å². The van der Waals surface area contributed by atoms with Gasteiger partial charge in [-0.2, -0.15) is 0 Å². The van der Waals surface area contributed by atoms with Crippen LogP contribution in [0, 0.1) is 0 Å². The van der Waals surface area contributed by atoms with Crippen molar-refractivity contribution >= 4 is 22.9 Å². The molecular formula is C29H31N3O4. The first-order chi connectivity index (χ1) is 17.4. The van der Waals surface area contributed by atoms with Gasteiger partial charge < -0.3 is 25.1 Å². The number of carbonyl (C=O) groups is 2. The number of rotatable bonds is 9. The molecule has 3 aromatic carbocycles. The predicted octanol–water partition coefficient (Wildman–Crippen LogP) is 5.28. The van der Waals surface area contributed by atoms with Gasteiger partial charge in [-0.25, -0.2) is 4.79 Å². The molecule has 36 heavy (non-hydrogen) atoms. The number of alkyl carbamates (subject to hydrolysis) is 1. The molecule has 1 unspecified atom stereocenters. The standard InChI is InChI=1S/C29H31N3O4/c1-20(22-13-15-24(35-3)16-14-22)31-27(33)29(2,17-23-18-30-26-12-8-7-11-25(23)26)32-28(34)36-19-21-9-5-4-6-10-21/h4-16,18,20,30H,17,19H2,1-3H3,(H,31,33)(H,32,34)/t20?,29-/m1/s1. The normalized spacial score (nSPS) is 13.4. The number of aromatic amines is 1. The maximum Gasteiger partial charge on any atom is 0.408 e. The van der Waals surface area contributed by atoms with Gasteiger partial charge in [0.25, 0.3) is 0 Å². The molecule has 2 atom stereocenters. The fraction of sp³-hybridized carbons (Fsp3) is 0.241. The van der Waals surface area contributed by atoms with Gasteiger partial charge in [-0.3, -0.25) is 4.79 Å². The summed E-state index contributed by atoms with van der Waals surface area (Å²) in [5.41, 5.74) is 2.41. The van der Waals surface area contributed by atoms with Crippen molar-refractivity contribution in [3.8, 4) is 5.75 Å². The average Bonchev–Trinajstić information content (AvgIpc) is 3.30. The van der Waals surface area contributed by atoms with Crippen LogP contribution in [0.5, 0.6) is 5.75 Å². The molecule has 0 saturated heterocycles. The molecule has 0 aliphatic rings. The Bertz CT molecular complexity index is 1320. The van der Waals surface area contributed by atoms with E-state index in [1.807, 2.05) is 92.0 Å². The zero-order valence-electron chi connectivity index (χ0n) is 20.7. The Hall–Kier alpha value is -4.26. The maximum absolute atomic E-state index is 13.6. The molecule has 4 rings (SSSR count). The van der Waals surface area contributed by atoms with E-state index in [1.54, 1.807) is 14.0 Å². The maximum atomic E-state index is 13.6. The molecule has 0 aliphatic heterocycles. The lowest BCUT2D eigenvalue weighted by Crippen LogP contribution is -2.58. The quantitative estimate of drug-likeness (QED) is 0.301. The molecule has 1 aromatic heterocycles. The van der Waals surface area contributed by atoms with Gasteiger partial charge in [-0.05, 0) is 48.7 Å². The number of amides is 2. The van der Waals surface area contributed by atoms with Crippen LogP contribution in [0.1, 0.15) is 36.6 Å². The van der Waals surface area contributed by atoms with E-state index in [2.05, 4.69) is 15.6 Å². The van der Waals surface area contributed by atoms with Crippen LogP contribution in [0.2, 0.25) is 0 Å². The molecule has 0 fully saturated rings. The number of nitrogens with one attached hydrogen (secondary N) is 3. The summed E-state index contributed by atoms with van der Waals surface area (Å²) < 4.78 is 10.7. The summed E-state index contributed by atoms with van der Waals surface area (Å²) in [7, 11) is 1.61. The molecule has 0 saturated carbocycles. The molecule has 0 spiro atoms. The second-order valence-electron chi connectivity index (χ2n) is 9.02. The van der Waals surface area contributed by atoms with E-state index >= 15 is 0 Å². The molecule has 0 radical (unpaired) electrons. The fourth-order valence-corrected chi connectivity index (χ4v) is 4.16. The molecule has 7 heteroatoms. The van der Waals surface area contributed by atoms with E-state index < -0.39 is 11.6 Å². The predicted molar refractivity (Wildman–Crippen MR) is 140 cm³/mol. The third-order valence-electron chi connectivity index (χ3n) is 6.27. The summed E-state index contributed by atoms with van der Waals surface area (Å²) in [5.74, 6) is 0.428. The lowest BCUT2D eigenvalue weighted by Gasteiger charge is -2.31. The van der Waals surface area contributed by atoms with Crippen molar-refractivity contribution < 1.29 is 19.1 Å². The third-order valence-corrected chi connectivity index (χ3v) is 6.27. The van der Waals surface area contributed by atoms with Crippen molar-refractivity contribution in [2.45, 2.75) is 38.5 Å². The van der Waals surface area contributed by atoms with Gasteiger partial charge in [0.05, 0.1) is 13.2 Å². The molecule has 1 heterocycles. The lowest BCUT2D eigenvalue weighted by atomic mass is 9.91. The highest BCUT2D eigenvalue weighted by molar-refractivity contribution is 5.91. The Morgan fingerprint density at radius 2 is 1.67 bits per heavy atom. The van der Waals surface area contributed by atoms with Crippen molar-refractivity contribution in [2.75, 3.05) is 7.11 Å². The molecular weight excluding hydrogens is 454 g/mol. The molecule has 7 nitrogen and oxygen atoms in total. The van der Waals surface area contributed by atoms with Crippen molar-refractivity contribution in [3.05, 3.63) is 102 Å². The average molecular weight is 486 g/mol. The smallest absolute Gasteiger partial charge is 0.408 e. The van der Waals surface area contributed by atoms with Crippen molar-refractivity contribution in [1.29, 1.82) is 0 Å². The van der Waals surface area contributed by atoms with Crippen molar-refractivity contribution in [2.24, 2.45) is 0 Å². The number of para-hydroxylation sites is 1. The minimum absolute atomic E-state index is 0.111. The van der Waals surface area contributed by atoms with E-state index in [0.29, 0.717) is 0 Å². The zero-order valence-corrected chi connectivity index (χ0v) is 20.7. The first-order valence-corrected chi connectivity index (χ1v) is 11.9. The largest absolute Gasteiger partial charge is 0.497 e. The Labute approximate surface area is 210 Å². The van der Waals surface area contributed by atoms with Gasteiger partial charge in [0, 0.05) is 23.5 Å². The van der Waals surface area contributed by atoms with Crippen LogP contribution in [0.4, 0.5) is 4.79 Å². The summed E-state index contributed by atoms with van der Waals surface area (Å²) >= 11 is 0. The Morgan fingerprint density at radius 3 is 2.39 bits per heavy atom. The van der Waals surface area contributed by atoms with E-state index in [4.69, 9.17) is 9.47 Å². The van der Waals surface area contributed by atoms with Crippen LogP contribution in [0.3, 0.4) is 0 Å². The minimum atomic E-state index is -1.26. The van der Waals surface area contributed by atoms with E-state index in [1.165, 1.54) is 0 Å². The number of hydrogen-bond donors (Lipinski definition) is 3. The van der Waals surface area contributed by atoms with Crippen LogP contribution < -0.4 is 15.4 Å². The first kappa shape index (κ1) is 24.9. The third kappa shape index (κ3) is 5.86. The highest BCUT2D eigenvalue weighted by Gasteiger charge is 2.37. The summed E-state index contributed by atoms with van der Waals surface area (Å²) in [4.78, 5) is 29.7. The zero-order chi connectivity index (χ0) is 25.5. The van der Waals surface area contributed by atoms with Gasteiger partial charge in [0.1, 0.15) is 17.9 Å². The van der Waals surface area contributed by atoms with Crippen LogP contribution in [0.25, 0.3) is 10.9 Å². The van der Waals surface area contributed by atoms with Crippen LogP contribution in [0.15, 0.2) is 85.1 Å². The molecule has 186 valence electrons. The second kappa shape index (κ2) is 11.0. The Balaban J connectivity index is 1.53. The number of ether oxygens (including phenoxy) is 2. The fourth-order valence-electron chi connectivity index (χ4n) is 4.16. The van der Waals surface area contributed by atoms with Gasteiger partial charge in [-0.1, -0.05) is 60.7 Å². The number of methoxy groups -OCH3 is 1. The lowest BCUT2D eigenvalue weighted by molar-refractivity contribution is -0.127. The van der Waals surface area contributed by atoms with Crippen LogP contribution in [-0.2, 0) is 22.6 Å². The van der Waals surface area contributed by atoms with Crippen LogP contribution >= 0.6 is 0 Å². The summed E-state index contributed by atoms with van der Waals surface area (Å²) in [6, 6.07) is 24.5. The monoisotopic (exact) mass is 485 g/mol. The first-order valence-electron chi connectivity index (χ1n) is 11.9. The minimum Gasteiger partial charge on any atom is -0.497 e. The summed E-state index contributed by atoms with van der Waals surface area (Å²) in [6.45, 7) is 3.73. The highest BCUT2D eigenvalue weighted by Crippen LogP contribution is 2.24. The van der Waals surface area contributed by atoms with Gasteiger partial charge >= 0.3 is 6.09 Å². The molecule has 0 bridgehead atoms. The Kier molecular flexibility index (Phi) is 7.59. The number of benzene rings is 3. The number of fused-ring (bicyclic) bond motifs is 1.